The molecule has 0 saturated heterocycles. The Kier molecular flexibility index (Phi) is 5.32. The van der Waals surface area contributed by atoms with Crippen LogP contribution >= 0.6 is 0 Å². The van der Waals surface area contributed by atoms with E-state index in [1.807, 2.05) is 0 Å². The van der Waals surface area contributed by atoms with Crippen molar-refractivity contribution in [2.45, 2.75) is 61.6 Å². The minimum atomic E-state index is -3.95. The number of aryl methyl sites for hydroxylation is 1. The lowest BCUT2D eigenvalue weighted by Gasteiger charge is -2.36. The van der Waals surface area contributed by atoms with Gasteiger partial charge >= 0.3 is 0 Å². The molecule has 1 atom stereocenters. The van der Waals surface area contributed by atoms with Crippen molar-refractivity contribution in [1.29, 1.82) is 0 Å². The Morgan fingerprint density at radius 1 is 1.22 bits per heavy atom. The zero-order valence-corrected chi connectivity index (χ0v) is 16.1. The zero-order chi connectivity index (χ0) is 19.7. The maximum Gasteiger partial charge on any atom is 0.239 e. The van der Waals surface area contributed by atoms with Crippen molar-refractivity contribution >= 4 is 15.7 Å². The average molecular weight is 395 g/mol. The summed E-state index contributed by atoms with van der Waals surface area (Å²) in [5.41, 5.74) is -0.834. The lowest BCUT2D eigenvalue weighted by Crippen LogP contribution is -2.52. The van der Waals surface area contributed by atoms with Gasteiger partial charge in [-0.25, -0.2) is 12.8 Å². The fourth-order valence-corrected chi connectivity index (χ4v) is 4.62. The van der Waals surface area contributed by atoms with Gasteiger partial charge in [0.2, 0.25) is 11.8 Å². The maximum atomic E-state index is 13.1. The SMILES string of the molecule is Cc1nc(C2(NC(=O)C(C)S(=O)(=O)c3ccc(F)cc3)CCCCC2)no1. The van der Waals surface area contributed by atoms with E-state index in [-0.39, 0.29) is 4.90 Å². The van der Waals surface area contributed by atoms with Crippen LogP contribution in [0.25, 0.3) is 0 Å². The molecule has 0 aliphatic heterocycles. The topological polar surface area (TPSA) is 102 Å². The molecule has 1 fully saturated rings. The van der Waals surface area contributed by atoms with Crippen molar-refractivity contribution in [2.24, 2.45) is 0 Å². The molecule has 146 valence electrons. The maximum absolute atomic E-state index is 13.1. The number of hydrogen-bond donors (Lipinski definition) is 1. The van der Waals surface area contributed by atoms with Gasteiger partial charge in [0.25, 0.3) is 0 Å². The van der Waals surface area contributed by atoms with Crippen LogP contribution in [0.2, 0.25) is 0 Å². The summed E-state index contributed by atoms with van der Waals surface area (Å²) in [5.74, 6) is -0.418. The third-order valence-electron chi connectivity index (χ3n) is 5.00. The van der Waals surface area contributed by atoms with Gasteiger partial charge in [0.15, 0.2) is 15.7 Å². The normalized spacial score (nSPS) is 18.0. The monoisotopic (exact) mass is 395 g/mol. The van der Waals surface area contributed by atoms with Gasteiger partial charge in [-0.1, -0.05) is 24.4 Å². The third kappa shape index (κ3) is 3.87. The summed E-state index contributed by atoms with van der Waals surface area (Å²) < 4.78 is 43.6. The van der Waals surface area contributed by atoms with Gasteiger partial charge in [-0.3, -0.25) is 4.79 Å². The number of amides is 1. The number of halogens is 1. The van der Waals surface area contributed by atoms with Crippen LogP contribution in [0.1, 0.15) is 50.7 Å². The number of nitrogens with one attached hydrogen (secondary N) is 1. The van der Waals surface area contributed by atoms with Gasteiger partial charge in [0.05, 0.1) is 4.90 Å². The van der Waals surface area contributed by atoms with Crippen LogP contribution in [0.15, 0.2) is 33.7 Å². The second-order valence-corrected chi connectivity index (χ2v) is 9.18. The average Bonchev–Trinajstić information content (AvgIpc) is 3.09. The molecule has 1 saturated carbocycles. The molecule has 1 unspecified atom stereocenters. The van der Waals surface area contributed by atoms with Gasteiger partial charge in [0.1, 0.15) is 16.6 Å². The fourth-order valence-electron chi connectivity index (χ4n) is 3.36. The Morgan fingerprint density at radius 3 is 2.41 bits per heavy atom. The van der Waals surface area contributed by atoms with E-state index in [0.717, 1.165) is 43.5 Å². The Morgan fingerprint density at radius 2 is 1.85 bits per heavy atom. The summed E-state index contributed by atoms with van der Waals surface area (Å²) in [4.78, 5) is 17.0. The molecular weight excluding hydrogens is 373 g/mol. The van der Waals surface area contributed by atoms with Crippen LogP contribution in [0.3, 0.4) is 0 Å². The molecule has 0 bridgehead atoms. The quantitative estimate of drug-likeness (QED) is 0.781. The second-order valence-electron chi connectivity index (χ2n) is 6.91. The first kappa shape index (κ1) is 19.5. The van der Waals surface area contributed by atoms with E-state index >= 15 is 0 Å². The second kappa shape index (κ2) is 7.38. The van der Waals surface area contributed by atoms with E-state index in [0.29, 0.717) is 24.6 Å². The number of nitrogens with zero attached hydrogens (tertiary/aromatic N) is 2. The lowest BCUT2D eigenvalue weighted by molar-refractivity contribution is -0.123. The molecule has 7 nitrogen and oxygen atoms in total. The third-order valence-corrected chi connectivity index (χ3v) is 7.08. The lowest BCUT2D eigenvalue weighted by atomic mass is 9.81. The van der Waals surface area contributed by atoms with Gasteiger partial charge in [-0.15, -0.1) is 0 Å². The predicted molar refractivity (Wildman–Crippen MR) is 95.0 cm³/mol. The number of carbonyl (C=O) groups is 1. The minimum absolute atomic E-state index is 0.0975. The van der Waals surface area contributed by atoms with Crippen molar-refractivity contribution in [3.8, 4) is 0 Å². The highest BCUT2D eigenvalue weighted by Gasteiger charge is 2.42. The van der Waals surface area contributed by atoms with Gasteiger partial charge in [-0.2, -0.15) is 4.98 Å². The molecule has 0 radical (unpaired) electrons. The Balaban J connectivity index is 1.86. The molecule has 1 heterocycles. The highest BCUT2D eigenvalue weighted by atomic mass is 32.2. The highest BCUT2D eigenvalue weighted by Crippen LogP contribution is 2.36. The Hall–Kier alpha value is -2.29. The first-order valence-electron chi connectivity index (χ1n) is 8.87. The van der Waals surface area contributed by atoms with Crippen LogP contribution in [0, 0.1) is 12.7 Å². The molecule has 9 heteroatoms. The summed E-state index contributed by atoms with van der Waals surface area (Å²) in [6.07, 6.45) is 3.99. The number of benzene rings is 1. The van der Waals surface area contributed by atoms with E-state index in [9.17, 15) is 17.6 Å². The molecule has 0 spiro atoms. The molecule has 2 aromatic rings. The van der Waals surface area contributed by atoms with Crippen molar-refractivity contribution in [1.82, 2.24) is 15.5 Å². The molecule has 1 aliphatic rings. The number of sulfone groups is 1. The van der Waals surface area contributed by atoms with Gasteiger partial charge in [0, 0.05) is 6.92 Å². The van der Waals surface area contributed by atoms with E-state index in [1.165, 1.54) is 6.92 Å². The van der Waals surface area contributed by atoms with Gasteiger partial charge in [-0.05, 0) is 44.0 Å². The summed E-state index contributed by atoms with van der Waals surface area (Å²) in [5, 5.41) is 5.50. The highest BCUT2D eigenvalue weighted by molar-refractivity contribution is 7.92. The van der Waals surface area contributed by atoms with Crippen LogP contribution in [-0.2, 0) is 20.2 Å². The van der Waals surface area contributed by atoms with Crippen molar-refractivity contribution in [2.75, 3.05) is 0 Å². The smallest absolute Gasteiger partial charge is 0.239 e. The van der Waals surface area contributed by atoms with E-state index in [2.05, 4.69) is 15.5 Å². The number of carbonyl (C=O) groups excluding carboxylic acids is 1. The first-order valence-corrected chi connectivity index (χ1v) is 10.4. The fraction of sp³-hybridized carbons (Fsp3) is 0.500. The van der Waals surface area contributed by atoms with Crippen molar-refractivity contribution in [3.05, 3.63) is 41.8 Å². The summed E-state index contributed by atoms with van der Waals surface area (Å²) >= 11 is 0. The minimum Gasteiger partial charge on any atom is -0.342 e. The zero-order valence-electron chi connectivity index (χ0n) is 15.2. The predicted octanol–water partition coefficient (Wildman–Crippen LogP) is 2.66. The molecule has 1 aliphatic carbocycles. The molecule has 1 N–H and O–H groups in total. The summed E-state index contributed by atoms with van der Waals surface area (Å²) in [6.45, 7) is 2.99. The van der Waals surface area contributed by atoms with Crippen LogP contribution in [-0.4, -0.2) is 29.7 Å². The summed E-state index contributed by atoms with van der Waals surface area (Å²) in [6, 6.07) is 4.44. The Bertz CT molecular complexity index is 918. The van der Waals surface area contributed by atoms with Crippen LogP contribution < -0.4 is 5.32 Å². The standard InChI is InChI=1S/C18H22FN3O4S/c1-12(27(24,25)15-8-6-14(19)7-9-15)16(23)21-18(10-4-3-5-11-18)17-20-13(2)26-22-17/h6-9,12H,3-5,10-11H2,1-2H3,(H,21,23). The van der Waals surface area contributed by atoms with Crippen LogP contribution in [0.4, 0.5) is 4.39 Å². The molecule has 1 amide bonds. The largest absolute Gasteiger partial charge is 0.342 e. The molecular formula is C18H22FN3O4S. The molecule has 3 rings (SSSR count). The number of hydrogen-bond acceptors (Lipinski definition) is 6. The molecule has 1 aromatic carbocycles. The summed E-state index contributed by atoms with van der Waals surface area (Å²) in [7, 11) is -3.95. The van der Waals surface area contributed by atoms with E-state index in [1.54, 1.807) is 6.92 Å². The van der Waals surface area contributed by atoms with Gasteiger partial charge < -0.3 is 9.84 Å². The Labute approximate surface area is 157 Å². The number of rotatable bonds is 5. The first-order chi connectivity index (χ1) is 12.7. The van der Waals surface area contributed by atoms with Crippen molar-refractivity contribution in [3.63, 3.8) is 0 Å². The molecule has 27 heavy (non-hydrogen) atoms. The van der Waals surface area contributed by atoms with E-state index < -0.39 is 32.4 Å². The van der Waals surface area contributed by atoms with E-state index in [4.69, 9.17) is 4.52 Å². The van der Waals surface area contributed by atoms with Crippen molar-refractivity contribution < 1.29 is 22.1 Å². The molecule has 1 aromatic heterocycles. The van der Waals surface area contributed by atoms with Crippen LogP contribution in [0.5, 0.6) is 0 Å². The number of aromatic nitrogens is 2.